The summed E-state index contributed by atoms with van der Waals surface area (Å²) >= 11 is 0. The number of hydrazone groups is 1. The zero-order valence-electron chi connectivity index (χ0n) is 10.4. The molecule has 0 fully saturated rings. The van der Waals surface area contributed by atoms with Crippen molar-refractivity contribution in [1.29, 1.82) is 0 Å². The van der Waals surface area contributed by atoms with Gasteiger partial charge in [0.2, 0.25) is 5.82 Å². The van der Waals surface area contributed by atoms with Crippen LogP contribution in [0.2, 0.25) is 0 Å². The summed E-state index contributed by atoms with van der Waals surface area (Å²) in [6.07, 6.45) is 3.63. The fraction of sp³-hybridized carbons (Fsp3) is 0.0833. The summed E-state index contributed by atoms with van der Waals surface area (Å²) in [5.74, 6) is 6.93. The standard InChI is InChI=1S/C12H13N7/c1-8-16-18-12(19(8)13)17-15-7-9-6-14-11-5-3-2-4-10(9)11/h2-7H,13H2,1H3,(H2,14,15,17,18)/p+1. The number of anilines is 1. The van der Waals surface area contributed by atoms with E-state index in [4.69, 9.17) is 5.84 Å². The van der Waals surface area contributed by atoms with Crippen LogP contribution in [0.3, 0.4) is 0 Å². The number of nitrogens with zero attached hydrogens (tertiary/aromatic N) is 3. The van der Waals surface area contributed by atoms with Crippen molar-refractivity contribution < 1.29 is 4.68 Å². The third-order valence-electron chi connectivity index (χ3n) is 2.90. The molecule has 0 radical (unpaired) electrons. The van der Waals surface area contributed by atoms with Crippen molar-refractivity contribution in [1.82, 2.24) is 15.2 Å². The van der Waals surface area contributed by atoms with E-state index in [1.165, 1.54) is 4.68 Å². The second-order valence-electron chi connectivity index (χ2n) is 4.16. The van der Waals surface area contributed by atoms with Gasteiger partial charge in [-0.1, -0.05) is 18.2 Å². The van der Waals surface area contributed by atoms with Gasteiger partial charge >= 0.3 is 5.95 Å². The third kappa shape index (κ3) is 2.01. The van der Waals surface area contributed by atoms with Gasteiger partial charge in [-0.05, 0) is 6.07 Å². The average molecular weight is 256 g/mol. The lowest BCUT2D eigenvalue weighted by Crippen LogP contribution is -2.47. The van der Waals surface area contributed by atoms with Crippen LogP contribution in [0.15, 0.2) is 35.6 Å². The Morgan fingerprint density at radius 3 is 3.05 bits per heavy atom. The van der Waals surface area contributed by atoms with Crippen LogP contribution < -0.4 is 15.9 Å². The quantitative estimate of drug-likeness (QED) is 0.239. The summed E-state index contributed by atoms with van der Waals surface area (Å²) in [5.41, 5.74) is 4.86. The van der Waals surface area contributed by atoms with Crippen LogP contribution in [0.25, 0.3) is 10.9 Å². The van der Waals surface area contributed by atoms with Gasteiger partial charge in [0.25, 0.3) is 0 Å². The van der Waals surface area contributed by atoms with Gasteiger partial charge in [0.1, 0.15) is 0 Å². The molecule has 3 rings (SSSR count). The van der Waals surface area contributed by atoms with Crippen molar-refractivity contribution in [3.8, 4) is 0 Å². The van der Waals surface area contributed by atoms with E-state index in [2.05, 4.69) is 25.7 Å². The summed E-state index contributed by atoms with van der Waals surface area (Å²) in [7, 11) is 0. The smallest absolute Gasteiger partial charge is 0.361 e. The fourth-order valence-corrected chi connectivity index (χ4v) is 1.84. The van der Waals surface area contributed by atoms with Crippen molar-refractivity contribution in [2.45, 2.75) is 6.92 Å². The van der Waals surface area contributed by atoms with E-state index in [0.29, 0.717) is 5.95 Å². The van der Waals surface area contributed by atoms with Gasteiger partial charge in [-0.2, -0.15) is 10.5 Å². The molecule has 1 aromatic carbocycles. The van der Waals surface area contributed by atoms with E-state index >= 15 is 0 Å². The fourth-order valence-electron chi connectivity index (χ4n) is 1.84. The maximum atomic E-state index is 5.73. The Labute approximate surface area is 109 Å². The number of hydrogen-bond acceptors (Lipinski definition) is 4. The number of fused-ring (bicyclic) bond motifs is 1. The molecule has 0 saturated heterocycles. The van der Waals surface area contributed by atoms with E-state index < -0.39 is 0 Å². The molecular formula is C12H14N7+. The molecule has 0 aliphatic rings. The van der Waals surface area contributed by atoms with Crippen LogP contribution in [0.5, 0.6) is 0 Å². The highest BCUT2D eigenvalue weighted by atomic mass is 15.5. The SMILES string of the molecule is Cc1[nH]nc(N/N=C/c2c[nH]c3ccccc23)[n+]1N. The van der Waals surface area contributed by atoms with Crippen molar-refractivity contribution in [3.05, 3.63) is 41.9 Å². The Morgan fingerprint density at radius 1 is 1.42 bits per heavy atom. The van der Waals surface area contributed by atoms with Crippen LogP contribution >= 0.6 is 0 Å². The lowest BCUT2D eigenvalue weighted by atomic mass is 10.2. The number of H-pyrrole nitrogens is 2. The molecule has 5 N–H and O–H groups in total. The molecule has 19 heavy (non-hydrogen) atoms. The number of aromatic amines is 2. The Hall–Kier alpha value is -2.83. The first-order chi connectivity index (χ1) is 9.25. The lowest BCUT2D eigenvalue weighted by Gasteiger charge is -1.92. The number of aromatic nitrogens is 4. The topological polar surface area (TPSA) is 98.8 Å². The van der Waals surface area contributed by atoms with Crippen LogP contribution in [0.4, 0.5) is 5.95 Å². The van der Waals surface area contributed by atoms with E-state index in [9.17, 15) is 0 Å². The number of hydrogen-bond donors (Lipinski definition) is 4. The van der Waals surface area contributed by atoms with Gasteiger partial charge in [-0.3, -0.25) is 5.84 Å². The minimum atomic E-state index is 0.452. The van der Waals surface area contributed by atoms with E-state index in [1.807, 2.05) is 37.4 Å². The molecular weight excluding hydrogens is 242 g/mol. The van der Waals surface area contributed by atoms with Gasteiger partial charge in [0.05, 0.1) is 6.21 Å². The maximum Gasteiger partial charge on any atom is 0.421 e. The Balaban J connectivity index is 1.81. The summed E-state index contributed by atoms with van der Waals surface area (Å²) in [5, 5.41) is 12.0. The average Bonchev–Trinajstić information content (AvgIpc) is 2.97. The predicted molar refractivity (Wildman–Crippen MR) is 73.2 cm³/mol. The summed E-state index contributed by atoms with van der Waals surface area (Å²) < 4.78 is 1.40. The number of benzene rings is 1. The number of nitrogen functional groups attached to an aromatic ring is 1. The van der Waals surface area contributed by atoms with E-state index in [1.54, 1.807) is 6.21 Å². The Morgan fingerprint density at radius 2 is 2.26 bits per heavy atom. The van der Waals surface area contributed by atoms with Crippen molar-refractivity contribution in [3.63, 3.8) is 0 Å². The first-order valence-electron chi connectivity index (χ1n) is 5.83. The van der Waals surface area contributed by atoms with Gasteiger partial charge in [0.15, 0.2) is 0 Å². The van der Waals surface area contributed by atoms with Crippen LogP contribution in [0.1, 0.15) is 11.4 Å². The number of nitrogens with two attached hydrogens (primary N) is 1. The van der Waals surface area contributed by atoms with Crippen LogP contribution in [-0.4, -0.2) is 21.4 Å². The molecule has 7 nitrogen and oxygen atoms in total. The third-order valence-corrected chi connectivity index (χ3v) is 2.90. The van der Waals surface area contributed by atoms with Crippen molar-refractivity contribution in [2.24, 2.45) is 5.10 Å². The number of rotatable bonds is 3. The minimum Gasteiger partial charge on any atom is -0.361 e. The number of nitrogens with one attached hydrogen (secondary N) is 3. The molecule has 0 bridgehead atoms. The second-order valence-corrected chi connectivity index (χ2v) is 4.16. The Bertz CT molecular complexity index is 737. The molecule has 3 aromatic rings. The van der Waals surface area contributed by atoms with Crippen LogP contribution in [-0.2, 0) is 0 Å². The highest BCUT2D eigenvalue weighted by Gasteiger charge is 2.11. The van der Waals surface area contributed by atoms with Crippen LogP contribution in [0, 0.1) is 6.92 Å². The molecule has 0 amide bonds. The summed E-state index contributed by atoms with van der Waals surface area (Å²) in [6, 6.07) is 8.04. The highest BCUT2D eigenvalue weighted by molar-refractivity contribution is 5.99. The molecule has 0 aliphatic carbocycles. The molecule has 0 saturated carbocycles. The highest BCUT2D eigenvalue weighted by Crippen LogP contribution is 2.15. The van der Waals surface area contributed by atoms with Gasteiger partial charge in [-0.15, -0.1) is 9.78 Å². The van der Waals surface area contributed by atoms with Gasteiger partial charge in [-0.25, -0.2) is 0 Å². The molecule has 0 aliphatic heterocycles. The van der Waals surface area contributed by atoms with Crippen molar-refractivity contribution in [2.75, 3.05) is 11.3 Å². The number of para-hydroxylation sites is 1. The molecule has 7 heteroatoms. The van der Waals surface area contributed by atoms with E-state index in [0.717, 1.165) is 22.3 Å². The monoisotopic (exact) mass is 256 g/mol. The zero-order valence-corrected chi connectivity index (χ0v) is 10.4. The zero-order chi connectivity index (χ0) is 13.2. The Kier molecular flexibility index (Phi) is 2.64. The lowest BCUT2D eigenvalue weighted by molar-refractivity contribution is -0.631. The molecule has 0 unspecified atom stereocenters. The molecule has 96 valence electrons. The first-order valence-corrected chi connectivity index (χ1v) is 5.83. The van der Waals surface area contributed by atoms with Gasteiger partial charge < -0.3 is 4.98 Å². The largest absolute Gasteiger partial charge is 0.421 e. The summed E-state index contributed by atoms with van der Waals surface area (Å²) in [6.45, 7) is 1.82. The second kappa shape index (κ2) is 4.45. The minimum absolute atomic E-state index is 0.452. The maximum absolute atomic E-state index is 5.73. The molecule has 0 atom stereocenters. The first kappa shape index (κ1) is 11.3. The molecule has 2 aromatic heterocycles. The normalized spacial score (nSPS) is 11.4. The van der Waals surface area contributed by atoms with E-state index in [-0.39, 0.29) is 0 Å². The predicted octanol–water partition coefficient (Wildman–Crippen LogP) is 0.647. The molecule has 2 heterocycles. The molecule has 0 spiro atoms. The number of aryl methyl sites for hydroxylation is 1. The summed E-state index contributed by atoms with van der Waals surface area (Å²) in [4.78, 5) is 3.18. The van der Waals surface area contributed by atoms with Gasteiger partial charge in [0, 0.05) is 34.7 Å². The van der Waals surface area contributed by atoms with Crippen molar-refractivity contribution >= 4 is 23.1 Å².